The van der Waals surface area contributed by atoms with Gasteiger partial charge in [-0.25, -0.2) is 0 Å². The zero-order valence-electron chi connectivity index (χ0n) is 11.0. The van der Waals surface area contributed by atoms with Crippen molar-refractivity contribution in [1.82, 2.24) is 10.6 Å². The number of hydrogen-bond donors (Lipinski definition) is 2. The van der Waals surface area contributed by atoms with E-state index in [1.165, 1.54) is 0 Å². The van der Waals surface area contributed by atoms with Gasteiger partial charge in [0, 0.05) is 11.6 Å². The Bertz CT molecular complexity index is 431. The first-order chi connectivity index (χ1) is 8.60. The van der Waals surface area contributed by atoms with Crippen molar-refractivity contribution in [2.45, 2.75) is 38.3 Å². The fourth-order valence-electron chi connectivity index (χ4n) is 2.27. The van der Waals surface area contributed by atoms with Gasteiger partial charge >= 0.3 is 0 Å². The van der Waals surface area contributed by atoms with E-state index in [-0.39, 0.29) is 18.3 Å². The predicted molar refractivity (Wildman–Crippen MR) is 80.8 cm³/mol. The molecule has 2 N–H and O–H groups in total. The van der Waals surface area contributed by atoms with E-state index < -0.39 is 5.54 Å². The van der Waals surface area contributed by atoms with Gasteiger partial charge in [-0.05, 0) is 50.4 Å². The molecule has 0 saturated carbocycles. The average molecular weight is 303 g/mol. The van der Waals surface area contributed by atoms with Crippen LogP contribution in [-0.4, -0.2) is 18.0 Å². The average Bonchev–Trinajstić information content (AvgIpc) is 2.37. The van der Waals surface area contributed by atoms with Gasteiger partial charge in [0.15, 0.2) is 0 Å². The van der Waals surface area contributed by atoms with Crippen molar-refractivity contribution >= 4 is 29.9 Å². The summed E-state index contributed by atoms with van der Waals surface area (Å²) in [4.78, 5) is 12.2. The number of piperidine rings is 1. The molecular formula is C14H20Cl2N2O. The summed E-state index contributed by atoms with van der Waals surface area (Å²) in [7, 11) is 0. The van der Waals surface area contributed by atoms with Crippen molar-refractivity contribution in [1.29, 1.82) is 0 Å². The zero-order chi connectivity index (χ0) is 13.0. The highest BCUT2D eigenvalue weighted by molar-refractivity contribution is 6.30. The number of benzene rings is 1. The van der Waals surface area contributed by atoms with Gasteiger partial charge in [0.05, 0.1) is 5.54 Å². The van der Waals surface area contributed by atoms with Gasteiger partial charge in [-0.2, -0.15) is 0 Å². The second-order valence-electron chi connectivity index (χ2n) is 5.03. The largest absolute Gasteiger partial charge is 0.350 e. The number of halogens is 2. The van der Waals surface area contributed by atoms with E-state index in [1.807, 2.05) is 31.2 Å². The number of carbonyl (C=O) groups is 1. The summed E-state index contributed by atoms with van der Waals surface area (Å²) in [6, 6.07) is 7.56. The molecule has 1 aliphatic rings. The van der Waals surface area contributed by atoms with Crippen molar-refractivity contribution in [2.75, 3.05) is 6.54 Å². The third-order valence-corrected chi connectivity index (χ3v) is 3.70. The summed E-state index contributed by atoms with van der Waals surface area (Å²) in [6.45, 7) is 3.41. The van der Waals surface area contributed by atoms with Crippen LogP contribution >= 0.6 is 24.0 Å². The molecule has 0 spiro atoms. The minimum atomic E-state index is -0.420. The molecule has 1 saturated heterocycles. The van der Waals surface area contributed by atoms with Crippen LogP contribution < -0.4 is 10.6 Å². The SMILES string of the molecule is CC1(C(=O)NCc2cccc(Cl)c2)CCCCN1.Cl. The van der Waals surface area contributed by atoms with Gasteiger partial charge < -0.3 is 10.6 Å². The van der Waals surface area contributed by atoms with Crippen molar-refractivity contribution in [3.05, 3.63) is 34.9 Å². The lowest BCUT2D eigenvalue weighted by atomic mass is 9.90. The molecule has 1 fully saturated rings. The first kappa shape index (κ1) is 16.3. The third-order valence-electron chi connectivity index (χ3n) is 3.46. The fourth-order valence-corrected chi connectivity index (χ4v) is 2.49. The number of carbonyl (C=O) groups excluding carboxylic acids is 1. The maximum Gasteiger partial charge on any atom is 0.240 e. The molecular weight excluding hydrogens is 283 g/mol. The standard InChI is InChI=1S/C14H19ClN2O.ClH/c1-14(7-2-3-8-17-14)13(18)16-10-11-5-4-6-12(15)9-11;/h4-6,9,17H,2-3,7-8,10H2,1H3,(H,16,18);1H. The lowest BCUT2D eigenvalue weighted by Crippen LogP contribution is -2.56. The summed E-state index contributed by atoms with van der Waals surface area (Å²) in [6.07, 6.45) is 3.15. The number of rotatable bonds is 3. The minimum absolute atomic E-state index is 0. The van der Waals surface area contributed by atoms with Gasteiger partial charge in [-0.3, -0.25) is 4.79 Å². The number of amides is 1. The van der Waals surface area contributed by atoms with Crippen molar-refractivity contribution in [3.8, 4) is 0 Å². The number of nitrogens with one attached hydrogen (secondary N) is 2. The molecule has 2 rings (SSSR count). The quantitative estimate of drug-likeness (QED) is 0.901. The highest BCUT2D eigenvalue weighted by atomic mass is 35.5. The monoisotopic (exact) mass is 302 g/mol. The first-order valence-corrected chi connectivity index (χ1v) is 6.76. The molecule has 1 aliphatic heterocycles. The molecule has 5 heteroatoms. The van der Waals surface area contributed by atoms with Gasteiger partial charge in [-0.15, -0.1) is 12.4 Å². The molecule has 1 aromatic rings. The summed E-state index contributed by atoms with van der Waals surface area (Å²) < 4.78 is 0. The summed E-state index contributed by atoms with van der Waals surface area (Å²) >= 11 is 5.91. The van der Waals surface area contributed by atoms with Gasteiger partial charge in [0.1, 0.15) is 0 Å². The third kappa shape index (κ3) is 4.37. The molecule has 1 heterocycles. The minimum Gasteiger partial charge on any atom is -0.350 e. The van der Waals surface area contributed by atoms with E-state index in [0.29, 0.717) is 11.6 Å². The Kier molecular flexibility index (Phi) is 6.11. The Morgan fingerprint density at radius 2 is 2.26 bits per heavy atom. The zero-order valence-corrected chi connectivity index (χ0v) is 12.6. The molecule has 1 atom stereocenters. The summed E-state index contributed by atoms with van der Waals surface area (Å²) in [5.74, 6) is 0.0715. The van der Waals surface area contributed by atoms with Crippen LogP contribution in [0, 0.1) is 0 Å². The van der Waals surface area contributed by atoms with Crippen molar-refractivity contribution in [3.63, 3.8) is 0 Å². The molecule has 19 heavy (non-hydrogen) atoms. The van der Waals surface area contributed by atoms with E-state index in [2.05, 4.69) is 10.6 Å². The van der Waals surface area contributed by atoms with Crippen LogP contribution in [0.15, 0.2) is 24.3 Å². The summed E-state index contributed by atoms with van der Waals surface area (Å²) in [5, 5.41) is 6.98. The molecule has 0 bridgehead atoms. The van der Waals surface area contributed by atoms with Crippen LogP contribution in [0.1, 0.15) is 31.7 Å². The van der Waals surface area contributed by atoms with Crippen LogP contribution in [0.2, 0.25) is 5.02 Å². The highest BCUT2D eigenvalue weighted by Crippen LogP contribution is 2.19. The number of hydrogen-bond acceptors (Lipinski definition) is 2. The highest BCUT2D eigenvalue weighted by Gasteiger charge is 2.33. The van der Waals surface area contributed by atoms with E-state index in [4.69, 9.17) is 11.6 Å². The smallest absolute Gasteiger partial charge is 0.240 e. The van der Waals surface area contributed by atoms with E-state index in [0.717, 1.165) is 31.4 Å². The predicted octanol–water partition coefficient (Wildman–Crippen LogP) is 2.91. The Balaban J connectivity index is 0.00000180. The Labute approximate surface area is 125 Å². The van der Waals surface area contributed by atoms with Crippen LogP contribution in [0.5, 0.6) is 0 Å². The van der Waals surface area contributed by atoms with Crippen LogP contribution in [-0.2, 0) is 11.3 Å². The molecule has 1 unspecified atom stereocenters. The second kappa shape index (κ2) is 7.13. The summed E-state index contributed by atoms with van der Waals surface area (Å²) in [5.41, 5.74) is 0.604. The Hall–Kier alpha value is -0.770. The molecule has 0 radical (unpaired) electrons. The molecule has 106 valence electrons. The first-order valence-electron chi connectivity index (χ1n) is 6.38. The Morgan fingerprint density at radius 1 is 1.47 bits per heavy atom. The molecule has 0 aliphatic carbocycles. The van der Waals surface area contributed by atoms with E-state index >= 15 is 0 Å². The van der Waals surface area contributed by atoms with E-state index in [1.54, 1.807) is 0 Å². The normalized spacial score (nSPS) is 22.4. The maximum atomic E-state index is 12.2. The van der Waals surface area contributed by atoms with Crippen LogP contribution in [0.25, 0.3) is 0 Å². The van der Waals surface area contributed by atoms with Crippen molar-refractivity contribution < 1.29 is 4.79 Å². The lowest BCUT2D eigenvalue weighted by molar-refractivity contribution is -0.128. The fraction of sp³-hybridized carbons (Fsp3) is 0.500. The molecule has 3 nitrogen and oxygen atoms in total. The van der Waals surface area contributed by atoms with Crippen molar-refractivity contribution in [2.24, 2.45) is 0 Å². The van der Waals surface area contributed by atoms with Crippen LogP contribution in [0.3, 0.4) is 0 Å². The Morgan fingerprint density at radius 3 is 2.89 bits per heavy atom. The van der Waals surface area contributed by atoms with Gasteiger partial charge in [0.25, 0.3) is 0 Å². The van der Waals surface area contributed by atoms with Gasteiger partial charge in [-0.1, -0.05) is 23.7 Å². The molecule has 0 aromatic heterocycles. The molecule has 1 aromatic carbocycles. The topological polar surface area (TPSA) is 41.1 Å². The molecule has 1 amide bonds. The lowest BCUT2D eigenvalue weighted by Gasteiger charge is -2.33. The van der Waals surface area contributed by atoms with E-state index in [9.17, 15) is 4.79 Å². The van der Waals surface area contributed by atoms with Crippen LogP contribution in [0.4, 0.5) is 0 Å². The van der Waals surface area contributed by atoms with Gasteiger partial charge in [0.2, 0.25) is 5.91 Å². The maximum absolute atomic E-state index is 12.2. The second-order valence-corrected chi connectivity index (χ2v) is 5.47.